The Labute approximate surface area is 191 Å². The van der Waals surface area contributed by atoms with Crippen molar-refractivity contribution < 1.29 is 22.7 Å². The van der Waals surface area contributed by atoms with Crippen molar-refractivity contribution in [3.05, 3.63) is 82.9 Å². The predicted molar refractivity (Wildman–Crippen MR) is 122 cm³/mol. The van der Waals surface area contributed by atoms with Crippen LogP contribution in [-0.4, -0.2) is 27.5 Å². The van der Waals surface area contributed by atoms with Crippen LogP contribution in [0.5, 0.6) is 11.5 Å². The van der Waals surface area contributed by atoms with Crippen LogP contribution in [0.15, 0.2) is 71.6 Å². The zero-order chi connectivity index (χ0) is 22.7. The van der Waals surface area contributed by atoms with Gasteiger partial charge in [-0.05, 0) is 55.0 Å². The van der Waals surface area contributed by atoms with Gasteiger partial charge in [0.15, 0.2) is 11.5 Å². The summed E-state index contributed by atoms with van der Waals surface area (Å²) in [6.07, 6.45) is 0. The minimum atomic E-state index is -3.89. The minimum Gasteiger partial charge on any atom is -0.486 e. The number of anilines is 1. The van der Waals surface area contributed by atoms with Crippen LogP contribution in [-0.2, 0) is 10.0 Å². The Balaban J connectivity index is 1.48. The second-order valence-electron chi connectivity index (χ2n) is 7.24. The Kier molecular flexibility index (Phi) is 6.25. The number of benzene rings is 3. The molecule has 0 spiro atoms. The molecule has 4 rings (SSSR count). The SMILES string of the molecule is CC(NC(=O)c1cccc(NS(=O)(=O)c2ccc3c(c2)OCCO3)c1)c1ccc(Cl)cc1. The first-order chi connectivity index (χ1) is 15.3. The molecule has 1 unspecified atom stereocenters. The van der Waals surface area contributed by atoms with E-state index < -0.39 is 10.0 Å². The first kappa shape index (κ1) is 22.0. The van der Waals surface area contributed by atoms with Crippen LogP contribution >= 0.6 is 11.6 Å². The van der Waals surface area contributed by atoms with E-state index in [0.717, 1.165) is 5.56 Å². The van der Waals surface area contributed by atoms with Gasteiger partial charge in [-0.3, -0.25) is 9.52 Å². The molecule has 0 bridgehead atoms. The number of amides is 1. The van der Waals surface area contributed by atoms with Gasteiger partial charge in [-0.2, -0.15) is 0 Å². The molecule has 3 aromatic carbocycles. The first-order valence-corrected chi connectivity index (χ1v) is 11.8. The second-order valence-corrected chi connectivity index (χ2v) is 9.36. The summed E-state index contributed by atoms with van der Waals surface area (Å²) >= 11 is 5.91. The molecule has 0 aromatic heterocycles. The molecule has 0 aliphatic carbocycles. The Morgan fingerprint density at radius 1 is 0.969 bits per heavy atom. The number of carbonyl (C=O) groups is 1. The number of hydrogen-bond donors (Lipinski definition) is 2. The first-order valence-electron chi connectivity index (χ1n) is 9.91. The molecule has 0 saturated heterocycles. The summed E-state index contributed by atoms with van der Waals surface area (Å²) in [5.74, 6) is 0.556. The third-order valence-corrected chi connectivity index (χ3v) is 6.55. The molecule has 32 heavy (non-hydrogen) atoms. The third kappa shape index (κ3) is 4.98. The molecule has 1 aliphatic rings. The Bertz CT molecular complexity index is 1250. The normalized spacial score (nSPS) is 13.8. The summed E-state index contributed by atoms with van der Waals surface area (Å²) in [7, 11) is -3.89. The molecule has 1 heterocycles. The van der Waals surface area contributed by atoms with Crippen molar-refractivity contribution in [3.63, 3.8) is 0 Å². The van der Waals surface area contributed by atoms with Crippen LogP contribution < -0.4 is 19.5 Å². The highest BCUT2D eigenvalue weighted by Gasteiger charge is 2.20. The molecule has 0 fully saturated rings. The monoisotopic (exact) mass is 472 g/mol. The molecular formula is C23H21ClN2O5S. The highest BCUT2D eigenvalue weighted by Crippen LogP contribution is 2.32. The topological polar surface area (TPSA) is 93.7 Å². The van der Waals surface area contributed by atoms with Gasteiger partial charge in [0.05, 0.1) is 10.9 Å². The van der Waals surface area contributed by atoms with E-state index in [1.807, 2.05) is 19.1 Å². The number of hydrogen-bond acceptors (Lipinski definition) is 5. The van der Waals surface area contributed by atoms with Crippen molar-refractivity contribution in [1.82, 2.24) is 5.32 Å². The van der Waals surface area contributed by atoms with Crippen LogP contribution in [0, 0.1) is 0 Å². The Morgan fingerprint density at radius 3 is 2.44 bits per heavy atom. The number of sulfonamides is 1. The minimum absolute atomic E-state index is 0.0352. The maximum Gasteiger partial charge on any atom is 0.262 e. The van der Waals surface area contributed by atoms with Gasteiger partial charge in [0.2, 0.25) is 0 Å². The highest BCUT2D eigenvalue weighted by molar-refractivity contribution is 7.92. The fourth-order valence-corrected chi connectivity index (χ4v) is 4.43. The summed E-state index contributed by atoms with van der Waals surface area (Å²) in [5.41, 5.74) is 1.50. The van der Waals surface area contributed by atoms with Crippen LogP contribution in [0.1, 0.15) is 28.9 Å². The zero-order valence-corrected chi connectivity index (χ0v) is 18.7. The van der Waals surface area contributed by atoms with Crippen LogP contribution in [0.25, 0.3) is 0 Å². The molecule has 9 heteroatoms. The Morgan fingerprint density at radius 2 is 1.69 bits per heavy atom. The summed E-state index contributed by atoms with van der Waals surface area (Å²) in [6.45, 7) is 2.63. The number of halogens is 1. The lowest BCUT2D eigenvalue weighted by molar-refractivity contribution is 0.0940. The highest BCUT2D eigenvalue weighted by atomic mass is 35.5. The van der Waals surface area contributed by atoms with Gasteiger partial charge in [-0.15, -0.1) is 0 Å². The fraction of sp³-hybridized carbons (Fsp3) is 0.174. The average molecular weight is 473 g/mol. The van der Waals surface area contributed by atoms with E-state index in [2.05, 4.69) is 10.0 Å². The smallest absolute Gasteiger partial charge is 0.262 e. The molecular weight excluding hydrogens is 452 g/mol. The largest absolute Gasteiger partial charge is 0.486 e. The number of ether oxygens (including phenoxy) is 2. The van der Waals surface area contributed by atoms with Gasteiger partial charge in [-0.25, -0.2) is 8.42 Å². The molecule has 1 atom stereocenters. The number of fused-ring (bicyclic) bond motifs is 1. The third-order valence-electron chi connectivity index (χ3n) is 4.92. The van der Waals surface area contributed by atoms with Gasteiger partial charge in [0.1, 0.15) is 13.2 Å². The van der Waals surface area contributed by atoms with E-state index in [0.29, 0.717) is 35.3 Å². The van der Waals surface area contributed by atoms with E-state index in [-0.39, 0.29) is 22.5 Å². The molecule has 1 amide bonds. The lowest BCUT2D eigenvalue weighted by Crippen LogP contribution is -2.26. The number of carbonyl (C=O) groups excluding carboxylic acids is 1. The van der Waals surface area contributed by atoms with E-state index in [4.69, 9.17) is 21.1 Å². The maximum absolute atomic E-state index is 12.8. The van der Waals surface area contributed by atoms with Crippen molar-refractivity contribution in [3.8, 4) is 11.5 Å². The van der Waals surface area contributed by atoms with Crippen molar-refractivity contribution in [2.75, 3.05) is 17.9 Å². The van der Waals surface area contributed by atoms with Gasteiger partial charge < -0.3 is 14.8 Å². The van der Waals surface area contributed by atoms with E-state index in [1.165, 1.54) is 18.2 Å². The molecule has 166 valence electrons. The summed E-state index contributed by atoms with van der Waals surface area (Å²) < 4.78 is 39.1. The molecule has 0 radical (unpaired) electrons. The van der Waals surface area contributed by atoms with Gasteiger partial charge in [0, 0.05) is 22.3 Å². The molecule has 2 N–H and O–H groups in total. The van der Waals surface area contributed by atoms with Crippen LogP contribution in [0.2, 0.25) is 5.02 Å². The van der Waals surface area contributed by atoms with Crippen molar-refractivity contribution in [2.45, 2.75) is 17.9 Å². The molecule has 1 aliphatic heterocycles. The lowest BCUT2D eigenvalue weighted by atomic mass is 10.1. The van der Waals surface area contributed by atoms with Crippen LogP contribution in [0.4, 0.5) is 5.69 Å². The average Bonchev–Trinajstić information content (AvgIpc) is 2.79. The summed E-state index contributed by atoms with van der Waals surface area (Å²) in [4.78, 5) is 12.7. The molecule has 0 saturated carbocycles. The molecule has 7 nitrogen and oxygen atoms in total. The second kappa shape index (κ2) is 9.10. The van der Waals surface area contributed by atoms with Crippen LogP contribution in [0.3, 0.4) is 0 Å². The van der Waals surface area contributed by atoms with Gasteiger partial charge in [0.25, 0.3) is 15.9 Å². The van der Waals surface area contributed by atoms with Gasteiger partial charge in [-0.1, -0.05) is 29.8 Å². The van der Waals surface area contributed by atoms with Crippen molar-refractivity contribution >= 4 is 33.2 Å². The van der Waals surface area contributed by atoms with Gasteiger partial charge >= 0.3 is 0 Å². The Hall–Kier alpha value is -3.23. The quantitative estimate of drug-likeness (QED) is 0.554. The van der Waals surface area contributed by atoms with E-state index >= 15 is 0 Å². The van der Waals surface area contributed by atoms with E-state index in [9.17, 15) is 13.2 Å². The number of rotatable bonds is 6. The molecule has 3 aromatic rings. The predicted octanol–water partition coefficient (Wildman–Crippen LogP) is 4.40. The van der Waals surface area contributed by atoms with Crippen molar-refractivity contribution in [1.29, 1.82) is 0 Å². The summed E-state index contributed by atoms with van der Waals surface area (Å²) in [6, 6.07) is 17.7. The fourth-order valence-electron chi connectivity index (χ4n) is 3.24. The zero-order valence-electron chi connectivity index (χ0n) is 17.2. The summed E-state index contributed by atoms with van der Waals surface area (Å²) in [5, 5.41) is 3.51. The van der Waals surface area contributed by atoms with E-state index in [1.54, 1.807) is 36.4 Å². The van der Waals surface area contributed by atoms with Crippen molar-refractivity contribution in [2.24, 2.45) is 0 Å². The maximum atomic E-state index is 12.8. The lowest BCUT2D eigenvalue weighted by Gasteiger charge is -2.19. The number of nitrogens with one attached hydrogen (secondary N) is 2. The standard InChI is InChI=1S/C23H21ClN2O5S/c1-15(16-5-7-18(24)8-6-16)25-23(27)17-3-2-4-19(13-17)26-32(28,29)20-9-10-21-22(14-20)31-12-11-30-21/h2-10,13-15,26H,11-12H2,1H3,(H,25,27).